The fraction of sp³-hybridized carbons (Fsp3) is 0.267. The van der Waals surface area contributed by atoms with Gasteiger partial charge in [-0.3, -0.25) is 9.78 Å². The standard InChI is InChI=1S/C30H29N3O4S/c34-30(21-9-12-27(13-10-21)38(35,36)32-26-6-2-3-7-26)33-15-16-37-29-14-11-22(17-25(29)20-33)24-18-23-5-1-4-8-28(23)31-19-24/h1,4-5,8-14,17-19,26,32H,2-3,6-7,15-16,20H2. The molecule has 0 bridgehead atoms. The Labute approximate surface area is 222 Å². The van der Waals surface area contributed by atoms with E-state index in [4.69, 9.17) is 4.74 Å². The third-order valence-corrected chi connectivity index (χ3v) is 8.88. The Morgan fingerprint density at radius 3 is 2.55 bits per heavy atom. The summed E-state index contributed by atoms with van der Waals surface area (Å²) < 4.78 is 34.2. The fourth-order valence-electron chi connectivity index (χ4n) is 5.27. The van der Waals surface area contributed by atoms with Crippen LogP contribution in [0.1, 0.15) is 41.6 Å². The van der Waals surface area contributed by atoms with Crippen molar-refractivity contribution in [3.05, 3.63) is 90.1 Å². The second-order valence-corrected chi connectivity index (χ2v) is 11.7. The summed E-state index contributed by atoms with van der Waals surface area (Å²) in [6, 6.07) is 22.3. The number of amides is 1. The Hall–Kier alpha value is -3.75. The smallest absolute Gasteiger partial charge is 0.254 e. The van der Waals surface area contributed by atoms with E-state index in [1.807, 2.05) is 42.6 Å². The van der Waals surface area contributed by atoms with Crippen LogP contribution >= 0.6 is 0 Å². The lowest BCUT2D eigenvalue weighted by Crippen LogP contribution is -2.33. The van der Waals surface area contributed by atoms with E-state index in [9.17, 15) is 13.2 Å². The summed E-state index contributed by atoms with van der Waals surface area (Å²) in [5, 5.41) is 1.07. The maximum Gasteiger partial charge on any atom is 0.254 e. The minimum Gasteiger partial charge on any atom is -0.491 e. The second kappa shape index (κ2) is 10.2. The molecule has 2 aliphatic rings. The Balaban J connectivity index is 1.21. The topological polar surface area (TPSA) is 88.6 Å². The number of aromatic nitrogens is 1. The number of rotatable bonds is 5. The van der Waals surface area contributed by atoms with Crippen LogP contribution in [-0.2, 0) is 16.6 Å². The number of fused-ring (bicyclic) bond motifs is 2. The number of hydrogen-bond acceptors (Lipinski definition) is 5. The van der Waals surface area contributed by atoms with Crippen molar-refractivity contribution in [1.82, 2.24) is 14.6 Å². The molecule has 8 heteroatoms. The molecule has 1 fully saturated rings. The number of ether oxygens (including phenoxy) is 1. The number of hydrogen-bond donors (Lipinski definition) is 1. The fourth-order valence-corrected chi connectivity index (χ4v) is 6.57. The van der Waals surface area contributed by atoms with E-state index in [-0.39, 0.29) is 16.8 Å². The van der Waals surface area contributed by atoms with Gasteiger partial charge in [0.1, 0.15) is 12.4 Å². The summed E-state index contributed by atoms with van der Waals surface area (Å²) in [5.74, 6) is 0.601. The first-order valence-corrected chi connectivity index (χ1v) is 14.5. The molecule has 38 heavy (non-hydrogen) atoms. The predicted octanol–water partition coefficient (Wildman–Crippen LogP) is 5.16. The molecular formula is C30H29N3O4S. The van der Waals surface area contributed by atoms with Gasteiger partial charge >= 0.3 is 0 Å². The molecule has 1 aliphatic carbocycles. The Bertz CT molecular complexity index is 1600. The van der Waals surface area contributed by atoms with Crippen molar-refractivity contribution in [2.45, 2.75) is 43.2 Å². The van der Waals surface area contributed by atoms with Gasteiger partial charge in [-0.15, -0.1) is 0 Å². The van der Waals surface area contributed by atoms with Gasteiger partial charge in [-0.25, -0.2) is 13.1 Å². The van der Waals surface area contributed by atoms with Crippen LogP contribution < -0.4 is 9.46 Å². The van der Waals surface area contributed by atoms with Crippen LogP contribution in [0.15, 0.2) is 83.9 Å². The van der Waals surface area contributed by atoms with Crippen LogP contribution in [0.4, 0.5) is 0 Å². The van der Waals surface area contributed by atoms with Crippen LogP contribution in [0.2, 0.25) is 0 Å². The van der Waals surface area contributed by atoms with Gasteiger partial charge in [0, 0.05) is 40.9 Å². The number of sulfonamides is 1. The molecule has 1 aromatic heterocycles. The van der Waals surface area contributed by atoms with E-state index in [1.165, 1.54) is 12.1 Å². The molecule has 1 saturated carbocycles. The van der Waals surface area contributed by atoms with Crippen molar-refractivity contribution in [3.8, 4) is 16.9 Å². The van der Waals surface area contributed by atoms with Gasteiger partial charge in [0.2, 0.25) is 10.0 Å². The average molecular weight is 528 g/mol. The van der Waals surface area contributed by atoms with Crippen molar-refractivity contribution in [2.24, 2.45) is 0 Å². The first kappa shape index (κ1) is 24.6. The predicted molar refractivity (Wildman–Crippen MR) is 146 cm³/mol. The van der Waals surface area contributed by atoms with E-state index in [0.29, 0.717) is 25.3 Å². The van der Waals surface area contributed by atoms with Crippen molar-refractivity contribution < 1.29 is 17.9 Å². The molecule has 0 unspecified atom stereocenters. The van der Waals surface area contributed by atoms with Gasteiger partial charge in [0.05, 0.1) is 17.0 Å². The maximum atomic E-state index is 13.4. The molecule has 0 spiro atoms. The Morgan fingerprint density at radius 1 is 0.947 bits per heavy atom. The van der Waals surface area contributed by atoms with E-state index in [2.05, 4.69) is 21.8 Å². The van der Waals surface area contributed by atoms with Gasteiger partial charge in [0.15, 0.2) is 0 Å². The molecular weight excluding hydrogens is 498 g/mol. The SMILES string of the molecule is O=C(c1ccc(S(=O)(=O)NC2CCCC2)cc1)N1CCOc2ccc(-c3cnc4ccccc4c3)cc2C1. The number of benzene rings is 3. The summed E-state index contributed by atoms with van der Waals surface area (Å²) in [5.41, 5.74) is 4.31. The average Bonchev–Trinajstić information content (AvgIpc) is 3.35. The van der Waals surface area contributed by atoms with Gasteiger partial charge in [-0.05, 0) is 66.9 Å². The molecule has 3 aromatic carbocycles. The molecule has 0 atom stereocenters. The van der Waals surface area contributed by atoms with Crippen LogP contribution in [0, 0.1) is 0 Å². The van der Waals surface area contributed by atoms with Crippen LogP contribution in [0.3, 0.4) is 0 Å². The highest BCUT2D eigenvalue weighted by atomic mass is 32.2. The van der Waals surface area contributed by atoms with Gasteiger partial charge in [-0.1, -0.05) is 37.1 Å². The summed E-state index contributed by atoms with van der Waals surface area (Å²) in [4.78, 5) is 19.9. The molecule has 194 valence electrons. The largest absolute Gasteiger partial charge is 0.491 e. The molecule has 1 amide bonds. The quantitative estimate of drug-likeness (QED) is 0.387. The lowest BCUT2D eigenvalue weighted by Gasteiger charge is -2.20. The number of nitrogens with zero attached hydrogens (tertiary/aromatic N) is 2. The molecule has 1 aliphatic heterocycles. The zero-order valence-corrected chi connectivity index (χ0v) is 21.8. The molecule has 7 nitrogen and oxygen atoms in total. The molecule has 0 saturated heterocycles. The van der Waals surface area contributed by atoms with Crippen molar-refractivity contribution in [2.75, 3.05) is 13.2 Å². The van der Waals surface area contributed by atoms with Crippen LogP contribution in [0.25, 0.3) is 22.0 Å². The summed E-state index contributed by atoms with van der Waals surface area (Å²) in [6.07, 6.45) is 5.69. The normalized spacial score (nSPS) is 16.2. The minimum atomic E-state index is -3.60. The molecule has 0 radical (unpaired) electrons. The lowest BCUT2D eigenvalue weighted by molar-refractivity contribution is 0.0733. The zero-order chi connectivity index (χ0) is 26.1. The van der Waals surface area contributed by atoms with Gasteiger partial charge in [0.25, 0.3) is 5.91 Å². The Kier molecular flexibility index (Phi) is 6.59. The first-order valence-electron chi connectivity index (χ1n) is 13.0. The monoisotopic (exact) mass is 527 g/mol. The van der Waals surface area contributed by atoms with E-state index in [1.54, 1.807) is 17.0 Å². The summed E-state index contributed by atoms with van der Waals surface area (Å²) >= 11 is 0. The highest BCUT2D eigenvalue weighted by Gasteiger charge is 2.25. The van der Waals surface area contributed by atoms with E-state index >= 15 is 0 Å². The number of carbonyl (C=O) groups excluding carboxylic acids is 1. The highest BCUT2D eigenvalue weighted by molar-refractivity contribution is 7.89. The number of carbonyl (C=O) groups is 1. The summed E-state index contributed by atoms with van der Waals surface area (Å²) in [7, 11) is -3.60. The van der Waals surface area contributed by atoms with Crippen LogP contribution in [-0.4, -0.2) is 43.4 Å². The molecule has 1 N–H and O–H groups in total. The van der Waals surface area contributed by atoms with Crippen molar-refractivity contribution >= 4 is 26.8 Å². The second-order valence-electron chi connectivity index (χ2n) is 9.94. The Morgan fingerprint density at radius 2 is 1.74 bits per heavy atom. The molecule has 6 rings (SSSR count). The first-order chi connectivity index (χ1) is 18.5. The number of nitrogens with one attached hydrogen (secondary N) is 1. The molecule has 2 heterocycles. The number of para-hydroxylation sites is 1. The van der Waals surface area contributed by atoms with E-state index < -0.39 is 10.0 Å². The minimum absolute atomic E-state index is 0.00578. The van der Waals surface area contributed by atoms with E-state index in [0.717, 1.165) is 59.0 Å². The van der Waals surface area contributed by atoms with Gasteiger partial charge in [-0.2, -0.15) is 0 Å². The van der Waals surface area contributed by atoms with Crippen molar-refractivity contribution in [3.63, 3.8) is 0 Å². The third kappa shape index (κ3) is 5.01. The van der Waals surface area contributed by atoms with Crippen molar-refractivity contribution in [1.29, 1.82) is 0 Å². The number of pyridine rings is 1. The van der Waals surface area contributed by atoms with Crippen LogP contribution in [0.5, 0.6) is 5.75 Å². The molecule has 4 aromatic rings. The maximum absolute atomic E-state index is 13.4. The third-order valence-electron chi connectivity index (χ3n) is 7.34. The lowest BCUT2D eigenvalue weighted by atomic mass is 10.0. The summed E-state index contributed by atoms with van der Waals surface area (Å²) in [6.45, 7) is 1.21. The van der Waals surface area contributed by atoms with Gasteiger partial charge < -0.3 is 9.64 Å². The zero-order valence-electron chi connectivity index (χ0n) is 21.0. The highest BCUT2D eigenvalue weighted by Crippen LogP contribution is 2.31.